The lowest BCUT2D eigenvalue weighted by Gasteiger charge is -2.35. The van der Waals surface area contributed by atoms with Crippen molar-refractivity contribution in [2.24, 2.45) is 11.7 Å². The van der Waals surface area contributed by atoms with E-state index in [0.717, 1.165) is 26.2 Å². The molecule has 0 aromatic rings. The zero-order valence-corrected chi connectivity index (χ0v) is 12.5. The lowest BCUT2D eigenvalue weighted by Crippen LogP contribution is -2.63. The number of likely N-dealkylation sites (N-methyl/N-ethyl adjacent to an activating group) is 1. The normalized spacial score (nSPS) is 15.1. The van der Waals surface area contributed by atoms with Crippen LogP contribution in [0.1, 0.15) is 27.7 Å². The molecule has 5 nitrogen and oxygen atoms in total. The molecule has 108 valence electrons. The highest BCUT2D eigenvalue weighted by Crippen LogP contribution is 2.17. The van der Waals surface area contributed by atoms with Crippen molar-refractivity contribution in [1.29, 1.82) is 0 Å². The van der Waals surface area contributed by atoms with Crippen molar-refractivity contribution in [2.45, 2.75) is 33.2 Å². The molecule has 0 aromatic carbocycles. The molecule has 0 fully saturated rings. The number of methoxy groups -OCH3 is 1. The summed E-state index contributed by atoms with van der Waals surface area (Å²) in [6, 6.07) is 0. The van der Waals surface area contributed by atoms with E-state index in [0.29, 0.717) is 6.61 Å². The summed E-state index contributed by atoms with van der Waals surface area (Å²) < 4.78 is 5.16. The van der Waals surface area contributed by atoms with Gasteiger partial charge in [0.15, 0.2) is 0 Å². The molecule has 0 saturated carbocycles. The number of rotatable bonds is 10. The Morgan fingerprint density at radius 3 is 2.28 bits per heavy atom. The summed E-state index contributed by atoms with van der Waals surface area (Å²) in [5.74, 6) is -0.259. The molecule has 0 rings (SSSR count). The lowest BCUT2D eigenvalue weighted by molar-refractivity contribution is -0.129. The van der Waals surface area contributed by atoms with Crippen LogP contribution in [0.3, 0.4) is 0 Å². The highest BCUT2D eigenvalue weighted by Gasteiger charge is 2.39. The Bertz CT molecular complexity index is 242. The maximum atomic E-state index is 11.7. The van der Waals surface area contributed by atoms with Crippen LogP contribution in [0.25, 0.3) is 0 Å². The number of amides is 1. The van der Waals surface area contributed by atoms with Crippen LogP contribution >= 0.6 is 0 Å². The van der Waals surface area contributed by atoms with Gasteiger partial charge in [-0.2, -0.15) is 0 Å². The number of carbonyl (C=O) groups excluding carboxylic acids is 1. The quantitative estimate of drug-likeness (QED) is 0.597. The number of ether oxygens (including phenoxy) is 1. The molecule has 1 atom stereocenters. The molecular weight excluding hydrogens is 230 g/mol. The average molecular weight is 259 g/mol. The first-order valence-electron chi connectivity index (χ1n) is 6.70. The van der Waals surface area contributed by atoms with Crippen molar-refractivity contribution in [3.05, 3.63) is 0 Å². The van der Waals surface area contributed by atoms with Gasteiger partial charge in [-0.15, -0.1) is 0 Å². The van der Waals surface area contributed by atoms with E-state index in [-0.39, 0.29) is 11.8 Å². The van der Waals surface area contributed by atoms with Crippen LogP contribution in [0.5, 0.6) is 0 Å². The maximum absolute atomic E-state index is 11.7. The Balaban J connectivity index is 4.55. The van der Waals surface area contributed by atoms with Crippen molar-refractivity contribution in [1.82, 2.24) is 10.2 Å². The largest absolute Gasteiger partial charge is 0.382 e. The van der Waals surface area contributed by atoms with Crippen LogP contribution in [0.4, 0.5) is 0 Å². The van der Waals surface area contributed by atoms with Crippen LogP contribution < -0.4 is 11.1 Å². The minimum absolute atomic E-state index is 0.0895. The third-order valence-electron chi connectivity index (χ3n) is 3.56. The molecule has 0 spiro atoms. The summed E-state index contributed by atoms with van der Waals surface area (Å²) in [6.45, 7) is 12.2. The van der Waals surface area contributed by atoms with Crippen molar-refractivity contribution in [3.8, 4) is 0 Å². The second-order valence-electron chi connectivity index (χ2n) is 4.88. The van der Waals surface area contributed by atoms with Gasteiger partial charge in [0, 0.05) is 20.2 Å². The first-order chi connectivity index (χ1) is 8.44. The maximum Gasteiger partial charge on any atom is 0.240 e. The SMILES string of the molecule is CCN(CC)CCNC(COC)(C(N)=O)C(C)C. The molecule has 0 aliphatic rings. The fraction of sp³-hybridized carbons (Fsp3) is 0.923. The number of carbonyl (C=O) groups is 1. The lowest BCUT2D eigenvalue weighted by atomic mass is 9.86. The number of nitrogens with one attached hydrogen (secondary N) is 1. The van der Waals surface area contributed by atoms with Crippen LogP contribution in [0.15, 0.2) is 0 Å². The smallest absolute Gasteiger partial charge is 0.240 e. The van der Waals surface area contributed by atoms with Gasteiger partial charge in [0.05, 0.1) is 6.61 Å². The van der Waals surface area contributed by atoms with Gasteiger partial charge in [0.1, 0.15) is 5.54 Å². The van der Waals surface area contributed by atoms with Crippen molar-refractivity contribution < 1.29 is 9.53 Å². The van der Waals surface area contributed by atoms with E-state index in [2.05, 4.69) is 24.1 Å². The first kappa shape index (κ1) is 17.4. The van der Waals surface area contributed by atoms with E-state index in [1.807, 2.05) is 13.8 Å². The summed E-state index contributed by atoms with van der Waals surface area (Å²) in [4.78, 5) is 14.0. The number of nitrogens with zero attached hydrogens (tertiary/aromatic N) is 1. The van der Waals surface area contributed by atoms with Gasteiger partial charge in [0.2, 0.25) is 5.91 Å². The van der Waals surface area contributed by atoms with Gasteiger partial charge in [-0.25, -0.2) is 0 Å². The van der Waals surface area contributed by atoms with Gasteiger partial charge in [-0.3, -0.25) is 10.1 Å². The molecule has 0 aromatic heterocycles. The predicted molar refractivity (Wildman–Crippen MR) is 74.4 cm³/mol. The van der Waals surface area contributed by atoms with Crippen LogP contribution in [-0.2, 0) is 9.53 Å². The number of hydrogen-bond donors (Lipinski definition) is 2. The highest BCUT2D eigenvalue weighted by molar-refractivity contribution is 5.85. The van der Waals surface area contributed by atoms with Gasteiger partial charge >= 0.3 is 0 Å². The van der Waals surface area contributed by atoms with Crippen LogP contribution in [0.2, 0.25) is 0 Å². The summed E-state index contributed by atoms with van der Waals surface area (Å²) in [5, 5.41) is 3.29. The van der Waals surface area contributed by atoms with Gasteiger partial charge in [-0.05, 0) is 19.0 Å². The van der Waals surface area contributed by atoms with Gasteiger partial charge < -0.3 is 15.4 Å². The average Bonchev–Trinajstić information content (AvgIpc) is 2.32. The Labute approximate surface area is 111 Å². The van der Waals surface area contributed by atoms with E-state index >= 15 is 0 Å². The fourth-order valence-corrected chi connectivity index (χ4v) is 2.07. The topological polar surface area (TPSA) is 67.6 Å². The van der Waals surface area contributed by atoms with Crippen LogP contribution in [0, 0.1) is 5.92 Å². The predicted octanol–water partition coefficient (Wildman–Crippen LogP) is 0.444. The van der Waals surface area contributed by atoms with E-state index in [1.165, 1.54) is 0 Å². The van der Waals surface area contributed by atoms with Crippen molar-refractivity contribution >= 4 is 5.91 Å². The molecule has 0 bridgehead atoms. The molecule has 1 amide bonds. The minimum Gasteiger partial charge on any atom is -0.382 e. The van der Waals surface area contributed by atoms with E-state index in [1.54, 1.807) is 7.11 Å². The van der Waals surface area contributed by atoms with Crippen LogP contribution in [-0.4, -0.2) is 56.2 Å². The highest BCUT2D eigenvalue weighted by atomic mass is 16.5. The molecule has 0 aliphatic carbocycles. The monoisotopic (exact) mass is 259 g/mol. The van der Waals surface area contributed by atoms with Crippen molar-refractivity contribution in [3.63, 3.8) is 0 Å². The van der Waals surface area contributed by atoms with Gasteiger partial charge in [0.25, 0.3) is 0 Å². The minimum atomic E-state index is -0.776. The Morgan fingerprint density at radius 1 is 1.39 bits per heavy atom. The van der Waals surface area contributed by atoms with E-state index < -0.39 is 5.54 Å². The summed E-state index contributed by atoms with van der Waals surface area (Å²) in [5.41, 5.74) is 4.77. The Morgan fingerprint density at radius 2 is 1.94 bits per heavy atom. The molecule has 18 heavy (non-hydrogen) atoms. The molecular formula is C13H29N3O2. The number of nitrogens with two attached hydrogens (primary N) is 1. The molecule has 3 N–H and O–H groups in total. The summed E-state index contributed by atoms with van der Waals surface area (Å²) in [7, 11) is 1.59. The second-order valence-corrected chi connectivity index (χ2v) is 4.88. The van der Waals surface area contributed by atoms with Crippen molar-refractivity contribution in [2.75, 3.05) is 39.9 Å². The zero-order chi connectivity index (χ0) is 14.2. The Kier molecular flexibility index (Phi) is 8.15. The molecule has 0 heterocycles. The summed E-state index contributed by atoms with van der Waals surface area (Å²) >= 11 is 0. The fourth-order valence-electron chi connectivity index (χ4n) is 2.07. The van der Waals surface area contributed by atoms with E-state index in [4.69, 9.17) is 10.5 Å². The third-order valence-corrected chi connectivity index (χ3v) is 3.56. The number of hydrogen-bond acceptors (Lipinski definition) is 4. The molecule has 1 unspecified atom stereocenters. The molecule has 0 saturated heterocycles. The Hall–Kier alpha value is -0.650. The summed E-state index contributed by atoms with van der Waals surface area (Å²) in [6.07, 6.45) is 0. The zero-order valence-electron chi connectivity index (χ0n) is 12.5. The van der Waals surface area contributed by atoms with Gasteiger partial charge in [-0.1, -0.05) is 27.7 Å². The standard InChI is InChI=1S/C13H29N3O2/c1-6-16(7-2)9-8-15-13(10-18-5,11(3)4)12(14)17/h11,15H,6-10H2,1-5H3,(H2,14,17). The molecule has 5 heteroatoms. The third kappa shape index (κ3) is 4.55. The second kappa shape index (κ2) is 8.45. The number of primary amides is 1. The molecule has 0 aliphatic heterocycles. The van der Waals surface area contributed by atoms with E-state index in [9.17, 15) is 4.79 Å². The molecule has 0 radical (unpaired) electrons. The first-order valence-corrected chi connectivity index (χ1v) is 6.70.